The molecule has 0 heterocycles. The van der Waals surface area contributed by atoms with Crippen LogP contribution >= 0.6 is 34.8 Å². The summed E-state index contributed by atoms with van der Waals surface area (Å²) in [4.78, 5) is 11.8. The van der Waals surface area contributed by atoms with E-state index in [1.807, 2.05) is 0 Å². The van der Waals surface area contributed by atoms with Crippen molar-refractivity contribution in [2.24, 2.45) is 0 Å². The molecule has 7 heteroatoms. The fourth-order valence-electron chi connectivity index (χ4n) is 1.14. The second-order valence-electron chi connectivity index (χ2n) is 3.15. The highest BCUT2D eigenvalue weighted by Crippen LogP contribution is 2.31. The van der Waals surface area contributed by atoms with Gasteiger partial charge in [-0.2, -0.15) is 0 Å². The van der Waals surface area contributed by atoms with Crippen LogP contribution in [0, 0.1) is 0 Å². The number of phenolic OH excluding ortho intramolecular Hbond substituents is 1. The number of ether oxygens (including phenoxy) is 1. The number of methoxy groups -OCH3 is 1. The van der Waals surface area contributed by atoms with Gasteiger partial charge in [0.1, 0.15) is 5.75 Å². The third-order valence-corrected chi connectivity index (χ3v) is 2.54. The highest BCUT2D eigenvalue weighted by atomic mass is 35.6. The third kappa shape index (κ3) is 3.92. The fourth-order valence-corrected chi connectivity index (χ4v) is 1.57. The maximum Gasteiger partial charge on any atom is 0.257 e. The van der Waals surface area contributed by atoms with E-state index >= 15 is 0 Å². The first-order valence-electron chi connectivity index (χ1n) is 4.54. The first-order chi connectivity index (χ1) is 7.86. The van der Waals surface area contributed by atoms with Gasteiger partial charge < -0.3 is 15.2 Å². The number of carbonyl (C=O) groups excluding carboxylic acids is 1. The van der Waals surface area contributed by atoms with Gasteiger partial charge >= 0.3 is 0 Å². The molecule has 1 atom stereocenters. The maximum atomic E-state index is 11.8. The summed E-state index contributed by atoms with van der Waals surface area (Å²) in [7, 11) is 1.29. The molecule has 0 saturated carbocycles. The third-order valence-electron chi connectivity index (χ3n) is 1.94. The van der Waals surface area contributed by atoms with Gasteiger partial charge in [0, 0.05) is 7.11 Å². The number of phenols is 1. The van der Waals surface area contributed by atoms with Crippen molar-refractivity contribution in [3.63, 3.8) is 0 Å². The van der Waals surface area contributed by atoms with Gasteiger partial charge in [-0.25, -0.2) is 0 Å². The van der Waals surface area contributed by atoms with Crippen LogP contribution < -0.4 is 5.32 Å². The Morgan fingerprint density at radius 2 is 2.00 bits per heavy atom. The highest BCUT2D eigenvalue weighted by Gasteiger charge is 2.34. The number of hydrogen-bond donors (Lipinski definition) is 2. The van der Waals surface area contributed by atoms with E-state index in [9.17, 15) is 9.90 Å². The number of hydrogen-bond acceptors (Lipinski definition) is 3. The normalized spacial score (nSPS) is 13.2. The van der Waals surface area contributed by atoms with Crippen molar-refractivity contribution in [1.29, 1.82) is 0 Å². The van der Waals surface area contributed by atoms with Gasteiger partial charge in [-0.3, -0.25) is 4.79 Å². The maximum absolute atomic E-state index is 11.8. The summed E-state index contributed by atoms with van der Waals surface area (Å²) in [6.45, 7) is 0. The lowest BCUT2D eigenvalue weighted by molar-refractivity contribution is 0.0594. The van der Waals surface area contributed by atoms with Crippen molar-refractivity contribution in [3.8, 4) is 5.75 Å². The van der Waals surface area contributed by atoms with Crippen molar-refractivity contribution >= 4 is 40.7 Å². The minimum Gasteiger partial charge on any atom is -0.507 e. The molecule has 1 rings (SSSR count). The van der Waals surface area contributed by atoms with Crippen LogP contribution in [0.5, 0.6) is 5.75 Å². The Kier molecular flexibility index (Phi) is 4.89. The van der Waals surface area contributed by atoms with Crippen LogP contribution in [0.3, 0.4) is 0 Å². The number of benzene rings is 1. The summed E-state index contributed by atoms with van der Waals surface area (Å²) in [5.74, 6) is -0.759. The SMILES string of the molecule is COC(NC(=O)c1ccccc1O)C(Cl)(Cl)Cl. The van der Waals surface area contributed by atoms with Gasteiger partial charge in [-0.1, -0.05) is 46.9 Å². The molecule has 0 aliphatic rings. The van der Waals surface area contributed by atoms with Crippen LogP contribution in [0.2, 0.25) is 0 Å². The lowest BCUT2D eigenvalue weighted by Crippen LogP contribution is -2.45. The molecule has 0 fully saturated rings. The topological polar surface area (TPSA) is 58.6 Å². The number of halogens is 3. The largest absolute Gasteiger partial charge is 0.507 e. The summed E-state index contributed by atoms with van der Waals surface area (Å²) in [5.41, 5.74) is 0.0730. The summed E-state index contributed by atoms with van der Waals surface area (Å²) in [6, 6.07) is 6.02. The summed E-state index contributed by atoms with van der Waals surface area (Å²) in [6.07, 6.45) is -1.11. The molecule has 94 valence electrons. The summed E-state index contributed by atoms with van der Waals surface area (Å²) < 4.78 is 3.04. The summed E-state index contributed by atoms with van der Waals surface area (Å²) >= 11 is 16.8. The van der Waals surface area contributed by atoms with Crippen molar-refractivity contribution in [2.45, 2.75) is 10.0 Å². The molecule has 0 aromatic heterocycles. The molecular formula is C10H10Cl3NO3. The molecule has 1 amide bonds. The average molecular weight is 299 g/mol. The van der Waals surface area contributed by atoms with Gasteiger partial charge in [0.15, 0.2) is 6.23 Å². The molecule has 0 radical (unpaired) electrons. The lowest BCUT2D eigenvalue weighted by atomic mass is 10.2. The van der Waals surface area contributed by atoms with Gasteiger partial charge in [0.05, 0.1) is 5.56 Å². The average Bonchev–Trinajstić information content (AvgIpc) is 2.24. The van der Waals surface area contributed by atoms with Crippen molar-refractivity contribution in [3.05, 3.63) is 29.8 Å². The Morgan fingerprint density at radius 1 is 1.41 bits per heavy atom. The van der Waals surface area contributed by atoms with E-state index in [4.69, 9.17) is 39.5 Å². The Morgan fingerprint density at radius 3 is 2.47 bits per heavy atom. The Labute approximate surface area is 113 Å². The molecular weight excluding hydrogens is 288 g/mol. The van der Waals surface area contributed by atoms with Gasteiger partial charge in [-0.05, 0) is 12.1 Å². The number of nitrogens with one attached hydrogen (secondary N) is 1. The predicted molar refractivity (Wildman–Crippen MR) is 66.7 cm³/mol. The van der Waals surface area contributed by atoms with E-state index in [-0.39, 0.29) is 11.3 Å². The van der Waals surface area contributed by atoms with Crippen LogP contribution in [-0.2, 0) is 4.74 Å². The second kappa shape index (κ2) is 5.78. The van der Waals surface area contributed by atoms with Crippen molar-refractivity contribution in [1.82, 2.24) is 5.32 Å². The van der Waals surface area contributed by atoms with E-state index in [1.165, 1.54) is 19.2 Å². The monoisotopic (exact) mass is 297 g/mol. The number of carbonyl (C=O) groups is 1. The van der Waals surface area contributed by atoms with E-state index < -0.39 is 15.9 Å². The van der Waals surface area contributed by atoms with Crippen molar-refractivity contribution < 1.29 is 14.6 Å². The second-order valence-corrected chi connectivity index (χ2v) is 5.52. The Balaban J connectivity index is 2.83. The summed E-state index contributed by atoms with van der Waals surface area (Å²) in [5, 5.41) is 11.8. The van der Waals surface area contributed by atoms with Crippen LogP contribution in [0.1, 0.15) is 10.4 Å². The van der Waals surface area contributed by atoms with E-state index in [0.29, 0.717) is 0 Å². The molecule has 0 saturated heterocycles. The zero-order valence-electron chi connectivity index (χ0n) is 8.78. The van der Waals surface area contributed by atoms with E-state index in [2.05, 4.69) is 5.32 Å². The smallest absolute Gasteiger partial charge is 0.257 e. The molecule has 0 aliphatic heterocycles. The molecule has 0 aliphatic carbocycles. The Bertz CT molecular complexity index is 406. The number of para-hydroxylation sites is 1. The minimum atomic E-state index is -1.80. The van der Waals surface area contributed by atoms with Gasteiger partial charge in [0.2, 0.25) is 3.79 Å². The molecule has 1 aromatic carbocycles. The first-order valence-corrected chi connectivity index (χ1v) is 5.68. The van der Waals surface area contributed by atoms with Gasteiger partial charge in [0.25, 0.3) is 5.91 Å². The Hall–Kier alpha value is -0.680. The predicted octanol–water partition coefficient (Wildman–Crippen LogP) is 2.46. The lowest BCUT2D eigenvalue weighted by Gasteiger charge is -2.23. The molecule has 0 spiro atoms. The van der Waals surface area contributed by atoms with Crippen LogP contribution in [0.25, 0.3) is 0 Å². The fraction of sp³-hybridized carbons (Fsp3) is 0.300. The molecule has 0 bridgehead atoms. The van der Waals surface area contributed by atoms with Crippen LogP contribution in [0.4, 0.5) is 0 Å². The number of alkyl halides is 3. The van der Waals surface area contributed by atoms with Crippen molar-refractivity contribution in [2.75, 3.05) is 7.11 Å². The highest BCUT2D eigenvalue weighted by molar-refractivity contribution is 6.68. The van der Waals surface area contributed by atoms with E-state index in [1.54, 1.807) is 12.1 Å². The molecule has 4 nitrogen and oxygen atoms in total. The first kappa shape index (κ1) is 14.4. The van der Waals surface area contributed by atoms with E-state index in [0.717, 1.165) is 0 Å². The zero-order chi connectivity index (χ0) is 13.1. The molecule has 1 unspecified atom stereocenters. The molecule has 1 aromatic rings. The molecule has 2 N–H and O–H groups in total. The number of amides is 1. The quantitative estimate of drug-likeness (QED) is 0.666. The van der Waals surface area contributed by atoms with Gasteiger partial charge in [-0.15, -0.1) is 0 Å². The zero-order valence-corrected chi connectivity index (χ0v) is 11.1. The van der Waals surface area contributed by atoms with Crippen LogP contribution in [-0.4, -0.2) is 28.1 Å². The standard InChI is InChI=1S/C10H10Cl3NO3/c1-17-9(10(11,12)13)14-8(16)6-4-2-3-5-7(6)15/h2-5,9,15H,1H3,(H,14,16). The minimum absolute atomic E-state index is 0.0730. The number of aromatic hydroxyl groups is 1. The number of rotatable bonds is 3. The molecule has 17 heavy (non-hydrogen) atoms. The van der Waals surface area contributed by atoms with Crippen LogP contribution in [0.15, 0.2) is 24.3 Å².